The van der Waals surface area contributed by atoms with Crippen molar-refractivity contribution in [3.63, 3.8) is 0 Å². The summed E-state index contributed by atoms with van der Waals surface area (Å²) >= 11 is 0. The van der Waals surface area contributed by atoms with E-state index in [1.807, 2.05) is 0 Å². The number of amides is 1. The smallest absolute Gasteiger partial charge is 0.443 e. The molecule has 1 aromatic rings. The van der Waals surface area contributed by atoms with Crippen molar-refractivity contribution in [3.05, 3.63) is 22.1 Å². The average molecular weight is 370 g/mol. The first kappa shape index (κ1) is 21.4. The normalized spacial score (nSPS) is 15.4. The lowest BCUT2D eigenvalue weighted by molar-refractivity contribution is -0.392. The number of hydrogen-bond acceptors (Lipinski definition) is 5. The Kier molecular flexibility index (Phi) is 8.29. The van der Waals surface area contributed by atoms with Gasteiger partial charge in [-0.25, -0.2) is 9.78 Å². The van der Waals surface area contributed by atoms with Gasteiger partial charge in [0.15, 0.2) is 0 Å². The number of imidazole rings is 1. The molecule has 1 amide bonds. The molecule has 0 unspecified atom stereocenters. The van der Waals surface area contributed by atoms with Gasteiger partial charge in [-0.1, -0.05) is 11.6 Å². The zero-order valence-electron chi connectivity index (χ0n) is 12.9. The quantitative estimate of drug-likeness (QED) is 0.642. The number of rotatable bonds is 4. The molecule has 1 saturated heterocycles. The number of aryl methyl sites for hydroxylation is 1. The molecule has 0 saturated carbocycles. The molecule has 0 aromatic carbocycles. The fraction of sp³-hybridized carbons (Fsp3) is 0.667. The average Bonchev–Trinajstić information content (AvgIpc) is 2.82. The lowest BCUT2D eigenvalue weighted by Crippen LogP contribution is -2.52. The second kappa shape index (κ2) is 8.90. The summed E-state index contributed by atoms with van der Waals surface area (Å²) in [5.41, 5.74) is 0. The van der Waals surface area contributed by atoms with Gasteiger partial charge in [0.05, 0.1) is 6.04 Å². The highest BCUT2D eigenvalue weighted by molar-refractivity contribution is 5.85. The van der Waals surface area contributed by atoms with Gasteiger partial charge in [0.1, 0.15) is 6.20 Å². The second-order valence-corrected chi connectivity index (χ2v) is 5.03. The first-order chi connectivity index (χ1) is 9.95. The Morgan fingerprint density at radius 3 is 2.48 bits per heavy atom. The molecule has 2 heterocycles. The van der Waals surface area contributed by atoms with Crippen LogP contribution in [-0.4, -0.2) is 56.4 Å². The van der Waals surface area contributed by atoms with Gasteiger partial charge in [-0.2, -0.15) is 0 Å². The van der Waals surface area contributed by atoms with Crippen LogP contribution in [0.2, 0.25) is 0 Å². The topological polar surface area (TPSA) is 105 Å². The Balaban J connectivity index is 0.00000242. The third kappa shape index (κ3) is 4.46. The second-order valence-electron chi connectivity index (χ2n) is 5.03. The van der Waals surface area contributed by atoms with Crippen molar-refractivity contribution in [2.24, 2.45) is 0 Å². The van der Waals surface area contributed by atoms with Gasteiger partial charge in [-0.05, 0) is 24.3 Å². The third-order valence-corrected chi connectivity index (χ3v) is 3.84. The van der Waals surface area contributed by atoms with E-state index in [0.717, 1.165) is 35.5 Å². The van der Waals surface area contributed by atoms with Crippen molar-refractivity contribution in [1.29, 1.82) is 0 Å². The van der Waals surface area contributed by atoms with Crippen LogP contribution in [0.4, 0.5) is 10.6 Å². The summed E-state index contributed by atoms with van der Waals surface area (Å²) in [7, 11) is 0. The molecule has 1 aliphatic heterocycles. The van der Waals surface area contributed by atoms with Crippen molar-refractivity contribution in [2.45, 2.75) is 32.7 Å². The lowest BCUT2D eigenvalue weighted by atomic mass is 10.0. The molecule has 0 bridgehead atoms. The van der Waals surface area contributed by atoms with Crippen LogP contribution in [0.3, 0.4) is 0 Å². The van der Waals surface area contributed by atoms with Crippen molar-refractivity contribution < 1.29 is 14.8 Å². The first-order valence-electron chi connectivity index (χ1n) is 6.89. The summed E-state index contributed by atoms with van der Waals surface area (Å²) in [6.07, 6.45) is 1.19. The maximum absolute atomic E-state index is 11.6. The molecule has 9 nitrogen and oxygen atoms in total. The van der Waals surface area contributed by atoms with E-state index in [9.17, 15) is 20.0 Å². The molecule has 1 aliphatic rings. The van der Waals surface area contributed by atoms with E-state index in [-0.39, 0.29) is 36.7 Å². The van der Waals surface area contributed by atoms with Crippen LogP contribution in [0.1, 0.15) is 25.6 Å². The highest BCUT2D eigenvalue weighted by atomic mass is 35.5. The molecule has 11 heteroatoms. The van der Waals surface area contributed by atoms with Crippen LogP contribution in [0.25, 0.3) is 0 Å². The Bertz CT molecular complexity index is 546. The van der Waals surface area contributed by atoms with Gasteiger partial charge < -0.3 is 20.1 Å². The highest BCUT2D eigenvalue weighted by Crippen LogP contribution is 2.21. The Morgan fingerprint density at radius 2 is 2.04 bits per heavy atom. The van der Waals surface area contributed by atoms with Gasteiger partial charge in [-0.15, -0.1) is 29.8 Å². The van der Waals surface area contributed by atoms with Crippen LogP contribution >= 0.6 is 24.8 Å². The Labute approximate surface area is 146 Å². The summed E-state index contributed by atoms with van der Waals surface area (Å²) in [4.78, 5) is 28.2. The largest absolute Gasteiger partial charge is 0.463 e. The Morgan fingerprint density at radius 1 is 1.48 bits per heavy atom. The van der Waals surface area contributed by atoms with E-state index >= 15 is 0 Å². The standard InChI is InChI=1S/C12H19N5O4.2ClH/c1-3-14-6-4-10(5-7-14)16(12(18)19)15-9(2)13-8-11(15)17(20)21;;/h8,10H,3-7H2,1-2H3,(H,18,19);2*1H. The van der Waals surface area contributed by atoms with Crippen molar-refractivity contribution in [1.82, 2.24) is 14.6 Å². The fourth-order valence-corrected chi connectivity index (χ4v) is 2.70. The highest BCUT2D eigenvalue weighted by Gasteiger charge is 2.36. The maximum atomic E-state index is 11.6. The van der Waals surface area contributed by atoms with Crippen LogP contribution in [-0.2, 0) is 0 Å². The molecule has 0 spiro atoms. The minimum Gasteiger partial charge on any atom is -0.463 e. The first-order valence-corrected chi connectivity index (χ1v) is 6.89. The number of nitrogens with zero attached hydrogens (tertiary/aromatic N) is 5. The molecule has 132 valence electrons. The van der Waals surface area contributed by atoms with E-state index in [0.29, 0.717) is 18.7 Å². The molecular weight excluding hydrogens is 349 g/mol. The van der Waals surface area contributed by atoms with E-state index in [1.165, 1.54) is 0 Å². The molecular formula is C12H21Cl2N5O4. The molecule has 0 aliphatic carbocycles. The molecule has 1 fully saturated rings. The maximum Gasteiger partial charge on any atom is 0.443 e. The zero-order chi connectivity index (χ0) is 15.6. The molecule has 1 aromatic heterocycles. The number of piperidine rings is 1. The van der Waals surface area contributed by atoms with Crippen LogP contribution in [0, 0.1) is 17.0 Å². The van der Waals surface area contributed by atoms with E-state index in [2.05, 4.69) is 16.8 Å². The van der Waals surface area contributed by atoms with Gasteiger partial charge in [0, 0.05) is 20.0 Å². The molecule has 2 rings (SSSR count). The number of halogens is 2. The number of aromatic nitrogens is 2. The summed E-state index contributed by atoms with van der Waals surface area (Å²) in [6, 6.07) is -0.281. The van der Waals surface area contributed by atoms with Gasteiger partial charge >= 0.3 is 11.9 Å². The minimum atomic E-state index is -1.20. The number of likely N-dealkylation sites (tertiary alicyclic amines) is 1. The minimum absolute atomic E-state index is 0. The lowest BCUT2D eigenvalue weighted by Gasteiger charge is -2.34. The summed E-state index contributed by atoms with van der Waals surface area (Å²) in [5, 5.41) is 21.6. The van der Waals surface area contributed by atoms with Crippen LogP contribution < -0.4 is 5.01 Å². The van der Waals surface area contributed by atoms with E-state index in [1.54, 1.807) is 6.92 Å². The number of hydrogen-bond donors (Lipinski definition) is 1. The summed E-state index contributed by atoms with van der Waals surface area (Å²) in [6.45, 7) is 6.10. The number of carbonyl (C=O) groups is 1. The monoisotopic (exact) mass is 369 g/mol. The third-order valence-electron chi connectivity index (χ3n) is 3.84. The van der Waals surface area contributed by atoms with Crippen LogP contribution in [0.15, 0.2) is 6.20 Å². The molecule has 0 radical (unpaired) electrons. The summed E-state index contributed by atoms with van der Waals surface area (Å²) in [5.74, 6) is -0.0326. The van der Waals surface area contributed by atoms with Crippen LogP contribution in [0.5, 0.6) is 0 Å². The van der Waals surface area contributed by atoms with E-state index in [4.69, 9.17) is 0 Å². The van der Waals surface area contributed by atoms with Gasteiger partial charge in [-0.3, -0.25) is 0 Å². The number of carboxylic acid groups (broad SMARTS) is 1. The molecule has 0 atom stereocenters. The predicted octanol–water partition coefficient (Wildman–Crippen LogP) is 2.04. The van der Waals surface area contributed by atoms with Gasteiger partial charge in [0.2, 0.25) is 5.82 Å². The predicted molar refractivity (Wildman–Crippen MR) is 89.5 cm³/mol. The van der Waals surface area contributed by atoms with Gasteiger partial charge in [0.25, 0.3) is 0 Å². The van der Waals surface area contributed by atoms with Crippen molar-refractivity contribution >= 4 is 36.7 Å². The van der Waals surface area contributed by atoms with Crippen molar-refractivity contribution in [2.75, 3.05) is 24.6 Å². The fourth-order valence-electron chi connectivity index (χ4n) is 2.70. The molecule has 1 N–H and O–H groups in total. The number of nitro groups is 1. The molecule has 23 heavy (non-hydrogen) atoms. The van der Waals surface area contributed by atoms with Crippen molar-refractivity contribution in [3.8, 4) is 0 Å². The van der Waals surface area contributed by atoms with E-state index < -0.39 is 11.0 Å². The zero-order valence-corrected chi connectivity index (χ0v) is 14.5. The Hall–Kier alpha value is -1.58. The summed E-state index contributed by atoms with van der Waals surface area (Å²) < 4.78 is 1.09. The SMILES string of the molecule is CCN1CCC(N(C(=O)O)n2c([N+](=O)[O-])cnc2C)CC1.Cl.Cl.